The number of nitrogens with one attached hydrogen (secondary N) is 1. The molecule has 5 nitrogen and oxygen atoms in total. The van der Waals surface area contributed by atoms with Crippen LogP contribution in [0.2, 0.25) is 5.02 Å². The van der Waals surface area contributed by atoms with Gasteiger partial charge in [0.05, 0.1) is 32.2 Å². The molecule has 31 heavy (non-hydrogen) atoms. The normalized spacial score (nSPS) is 14.2. The molecule has 0 aliphatic heterocycles. The molecule has 2 amide bonds. The average molecular weight is 458 g/mol. The summed E-state index contributed by atoms with van der Waals surface area (Å²) in [6, 6.07) is 11.1. The van der Waals surface area contributed by atoms with Crippen LogP contribution in [0.15, 0.2) is 48.7 Å². The van der Waals surface area contributed by atoms with Gasteiger partial charge in [0, 0.05) is 12.2 Å². The number of amides is 2. The van der Waals surface area contributed by atoms with Gasteiger partial charge in [-0.15, -0.1) is 11.3 Å². The minimum Gasteiger partial charge on any atom is -0.327 e. The van der Waals surface area contributed by atoms with Gasteiger partial charge >= 0.3 is 0 Å². The fraction of sp³-hybridized carbons (Fsp3) is 0.261. The average Bonchev–Trinajstić information content (AvgIpc) is 3.50. The number of rotatable bonds is 6. The van der Waals surface area contributed by atoms with Gasteiger partial charge in [0.15, 0.2) is 0 Å². The Hall–Kier alpha value is -2.77. The maximum Gasteiger partial charge on any atom is 0.265 e. The zero-order valence-electron chi connectivity index (χ0n) is 17.1. The summed E-state index contributed by atoms with van der Waals surface area (Å²) < 4.78 is 13.3. The lowest BCUT2D eigenvalue weighted by molar-refractivity contribution is 0.0674. The first-order chi connectivity index (χ1) is 14.8. The number of thiophene rings is 1. The summed E-state index contributed by atoms with van der Waals surface area (Å²) >= 11 is 7.21. The van der Waals surface area contributed by atoms with Crippen molar-refractivity contribution >= 4 is 39.8 Å². The van der Waals surface area contributed by atoms with Gasteiger partial charge in [-0.05, 0) is 68.7 Å². The standard InChI is InChI=1S/C23H21ClFN3O2S/c1-13-11-20(27-22(29)17-9-6-15(25)12-18(17)24)31-21(13)23(30)28(16-7-8-16)14(2)19-5-3-4-10-26-19/h3-6,9-12,14,16H,7-8H2,1-2H3,(H,27,29). The Kier molecular flexibility index (Phi) is 6.07. The van der Waals surface area contributed by atoms with Gasteiger partial charge in [0.1, 0.15) is 5.82 Å². The number of halogens is 2. The van der Waals surface area contributed by atoms with Crippen LogP contribution in [0, 0.1) is 12.7 Å². The van der Waals surface area contributed by atoms with Crippen LogP contribution < -0.4 is 5.32 Å². The third-order valence-corrected chi connectivity index (χ3v) is 6.69. The highest BCUT2D eigenvalue weighted by atomic mass is 35.5. The molecule has 1 aliphatic rings. The predicted molar refractivity (Wildman–Crippen MR) is 120 cm³/mol. The Bertz CT molecular complexity index is 1130. The van der Waals surface area contributed by atoms with Crippen LogP contribution in [0.1, 0.15) is 57.1 Å². The Morgan fingerprint density at radius 3 is 2.68 bits per heavy atom. The van der Waals surface area contributed by atoms with Gasteiger partial charge in [-0.25, -0.2) is 4.39 Å². The number of hydrogen-bond acceptors (Lipinski definition) is 4. The molecule has 0 saturated heterocycles. The third kappa shape index (κ3) is 4.62. The molecule has 1 N–H and O–H groups in total. The summed E-state index contributed by atoms with van der Waals surface area (Å²) in [6.07, 6.45) is 3.67. The van der Waals surface area contributed by atoms with Crippen LogP contribution in [0.4, 0.5) is 9.39 Å². The number of aromatic nitrogens is 1. The molecule has 2 heterocycles. The van der Waals surface area contributed by atoms with Crippen molar-refractivity contribution in [1.82, 2.24) is 9.88 Å². The Labute approximate surface area is 188 Å². The van der Waals surface area contributed by atoms with Crippen LogP contribution in [-0.2, 0) is 0 Å². The lowest BCUT2D eigenvalue weighted by Crippen LogP contribution is -2.35. The smallest absolute Gasteiger partial charge is 0.265 e. The molecule has 0 bridgehead atoms. The molecule has 4 rings (SSSR count). The molecule has 1 saturated carbocycles. The van der Waals surface area contributed by atoms with E-state index in [-0.39, 0.29) is 28.6 Å². The first-order valence-corrected chi connectivity index (χ1v) is 11.1. The molecular weight excluding hydrogens is 437 g/mol. The van der Waals surface area contributed by atoms with E-state index in [9.17, 15) is 14.0 Å². The second kappa shape index (κ2) is 8.77. The van der Waals surface area contributed by atoms with Crippen molar-refractivity contribution in [2.24, 2.45) is 0 Å². The zero-order chi connectivity index (χ0) is 22.1. The molecule has 2 aromatic heterocycles. The molecule has 8 heteroatoms. The number of nitrogens with zero attached hydrogens (tertiary/aromatic N) is 2. The monoisotopic (exact) mass is 457 g/mol. The van der Waals surface area contributed by atoms with E-state index in [1.165, 1.54) is 23.5 Å². The van der Waals surface area contributed by atoms with Gasteiger partial charge < -0.3 is 10.2 Å². The SMILES string of the molecule is Cc1cc(NC(=O)c2ccc(F)cc2Cl)sc1C(=O)N(C1CC1)C(C)c1ccccn1. The zero-order valence-corrected chi connectivity index (χ0v) is 18.6. The number of hydrogen-bond donors (Lipinski definition) is 1. The molecule has 160 valence electrons. The summed E-state index contributed by atoms with van der Waals surface area (Å²) in [4.78, 5) is 32.9. The van der Waals surface area contributed by atoms with E-state index in [2.05, 4.69) is 10.3 Å². The first-order valence-electron chi connectivity index (χ1n) is 9.95. The highest BCUT2D eigenvalue weighted by Gasteiger charge is 2.38. The molecule has 1 unspecified atom stereocenters. The maximum atomic E-state index is 13.5. The lowest BCUT2D eigenvalue weighted by Gasteiger charge is -2.29. The van der Waals surface area contributed by atoms with Crippen molar-refractivity contribution in [3.05, 3.63) is 81.2 Å². The molecular formula is C23H21ClFN3O2S. The van der Waals surface area contributed by atoms with E-state index >= 15 is 0 Å². The molecule has 1 aromatic carbocycles. The quantitative estimate of drug-likeness (QED) is 0.504. The van der Waals surface area contributed by atoms with Crippen molar-refractivity contribution in [1.29, 1.82) is 0 Å². The number of aryl methyl sites for hydroxylation is 1. The van der Waals surface area contributed by atoms with E-state index in [1.54, 1.807) is 12.3 Å². The minimum absolute atomic E-state index is 0.0335. The Morgan fingerprint density at radius 1 is 1.26 bits per heavy atom. The summed E-state index contributed by atoms with van der Waals surface area (Å²) in [5.41, 5.74) is 1.80. The number of carbonyl (C=O) groups is 2. The van der Waals surface area contributed by atoms with Crippen molar-refractivity contribution in [2.75, 3.05) is 5.32 Å². The predicted octanol–water partition coefficient (Wildman–Crippen LogP) is 5.86. The third-order valence-electron chi connectivity index (χ3n) is 5.23. The van der Waals surface area contributed by atoms with Gasteiger partial charge in [-0.3, -0.25) is 14.6 Å². The first kappa shape index (κ1) is 21.5. The van der Waals surface area contributed by atoms with Crippen LogP contribution in [0.3, 0.4) is 0 Å². The van der Waals surface area contributed by atoms with Crippen molar-refractivity contribution < 1.29 is 14.0 Å². The number of benzene rings is 1. The molecule has 1 atom stereocenters. The van der Waals surface area contributed by atoms with E-state index in [0.29, 0.717) is 9.88 Å². The minimum atomic E-state index is -0.511. The fourth-order valence-corrected chi connectivity index (χ4v) is 4.77. The number of anilines is 1. The molecule has 0 spiro atoms. The van der Waals surface area contributed by atoms with E-state index in [4.69, 9.17) is 11.6 Å². The molecule has 3 aromatic rings. The van der Waals surface area contributed by atoms with Crippen molar-refractivity contribution in [2.45, 2.75) is 38.8 Å². The maximum absolute atomic E-state index is 13.5. The Morgan fingerprint density at radius 2 is 2.03 bits per heavy atom. The van der Waals surface area contributed by atoms with Crippen LogP contribution in [0.25, 0.3) is 0 Å². The second-order valence-electron chi connectivity index (χ2n) is 7.58. The second-order valence-corrected chi connectivity index (χ2v) is 9.03. The topological polar surface area (TPSA) is 62.3 Å². The van der Waals surface area contributed by atoms with Crippen LogP contribution in [0.5, 0.6) is 0 Å². The van der Waals surface area contributed by atoms with Crippen LogP contribution >= 0.6 is 22.9 Å². The van der Waals surface area contributed by atoms with Crippen molar-refractivity contribution in [3.63, 3.8) is 0 Å². The summed E-state index contributed by atoms with van der Waals surface area (Å²) in [6.45, 7) is 3.83. The summed E-state index contributed by atoms with van der Waals surface area (Å²) in [5.74, 6) is -1.03. The highest BCUT2D eigenvalue weighted by Crippen LogP contribution is 2.38. The molecule has 0 radical (unpaired) electrons. The molecule has 1 aliphatic carbocycles. The molecule has 1 fully saturated rings. The lowest BCUT2D eigenvalue weighted by atomic mass is 10.1. The van der Waals surface area contributed by atoms with E-state index in [0.717, 1.165) is 30.2 Å². The van der Waals surface area contributed by atoms with Crippen molar-refractivity contribution in [3.8, 4) is 0 Å². The summed E-state index contributed by atoms with van der Waals surface area (Å²) in [5, 5.41) is 3.34. The van der Waals surface area contributed by atoms with E-state index in [1.807, 2.05) is 36.9 Å². The van der Waals surface area contributed by atoms with Gasteiger partial charge in [-0.1, -0.05) is 17.7 Å². The van der Waals surface area contributed by atoms with Gasteiger partial charge in [-0.2, -0.15) is 0 Å². The Balaban J connectivity index is 1.56. The van der Waals surface area contributed by atoms with Gasteiger partial charge in [0.25, 0.3) is 11.8 Å². The van der Waals surface area contributed by atoms with E-state index < -0.39 is 11.7 Å². The van der Waals surface area contributed by atoms with Crippen LogP contribution in [-0.4, -0.2) is 27.7 Å². The summed E-state index contributed by atoms with van der Waals surface area (Å²) in [7, 11) is 0. The number of pyridine rings is 1. The van der Waals surface area contributed by atoms with Gasteiger partial charge in [0.2, 0.25) is 0 Å². The fourth-order valence-electron chi connectivity index (χ4n) is 3.50. The largest absolute Gasteiger partial charge is 0.327 e. The number of carbonyl (C=O) groups excluding carboxylic acids is 2. The highest BCUT2D eigenvalue weighted by molar-refractivity contribution is 7.18.